The van der Waals surface area contributed by atoms with Gasteiger partial charge in [0.15, 0.2) is 0 Å². The molecule has 3 unspecified atom stereocenters. The Balaban J connectivity index is 2.49. The Kier molecular flexibility index (Phi) is 4.58. The molecule has 3 atom stereocenters. The van der Waals surface area contributed by atoms with Crippen LogP contribution in [0.3, 0.4) is 0 Å². The molecule has 1 amide bonds. The molecule has 2 N–H and O–H groups in total. The Morgan fingerprint density at radius 3 is 2.73 bits per heavy atom. The quantitative estimate of drug-likeness (QED) is 0.772. The van der Waals surface area contributed by atoms with Gasteiger partial charge in [-0.1, -0.05) is 13.8 Å². The summed E-state index contributed by atoms with van der Waals surface area (Å²) in [5.41, 5.74) is 5.54. The van der Waals surface area contributed by atoms with Crippen molar-refractivity contribution in [2.45, 2.75) is 46.1 Å². The van der Waals surface area contributed by atoms with Gasteiger partial charge in [-0.2, -0.15) is 0 Å². The van der Waals surface area contributed by atoms with Crippen molar-refractivity contribution in [2.24, 2.45) is 17.6 Å². The van der Waals surface area contributed by atoms with Gasteiger partial charge in [0.2, 0.25) is 5.91 Å². The third kappa shape index (κ3) is 3.49. The first kappa shape index (κ1) is 12.5. The minimum Gasteiger partial charge on any atom is -0.340 e. The molecule has 15 heavy (non-hydrogen) atoms. The van der Waals surface area contributed by atoms with Crippen molar-refractivity contribution in [1.82, 2.24) is 4.90 Å². The topological polar surface area (TPSA) is 46.3 Å². The van der Waals surface area contributed by atoms with E-state index in [-0.39, 0.29) is 5.91 Å². The van der Waals surface area contributed by atoms with E-state index in [9.17, 15) is 4.79 Å². The Morgan fingerprint density at radius 2 is 2.13 bits per heavy atom. The smallest absolute Gasteiger partial charge is 0.223 e. The zero-order valence-electron chi connectivity index (χ0n) is 10.2. The van der Waals surface area contributed by atoms with Gasteiger partial charge in [0.25, 0.3) is 0 Å². The van der Waals surface area contributed by atoms with Crippen LogP contribution >= 0.6 is 0 Å². The molecule has 88 valence electrons. The Hall–Kier alpha value is -0.570. The van der Waals surface area contributed by atoms with Gasteiger partial charge in [-0.3, -0.25) is 4.79 Å². The molecular formula is C12H24N2O. The summed E-state index contributed by atoms with van der Waals surface area (Å²) in [5.74, 6) is 1.24. The predicted molar refractivity (Wildman–Crippen MR) is 62.4 cm³/mol. The lowest BCUT2D eigenvalue weighted by atomic mass is 9.94. The molecule has 0 radical (unpaired) electrons. The first-order valence-electron chi connectivity index (χ1n) is 6.04. The van der Waals surface area contributed by atoms with E-state index in [2.05, 4.69) is 13.8 Å². The monoisotopic (exact) mass is 212 g/mol. The molecule has 1 rings (SSSR count). The summed E-state index contributed by atoms with van der Waals surface area (Å²) in [4.78, 5) is 14.0. The van der Waals surface area contributed by atoms with Crippen molar-refractivity contribution >= 4 is 5.91 Å². The van der Waals surface area contributed by atoms with Gasteiger partial charge in [-0.15, -0.1) is 0 Å². The number of likely N-dealkylation sites (tertiary alicyclic amines) is 1. The number of rotatable bonds is 3. The van der Waals surface area contributed by atoms with E-state index in [1.54, 1.807) is 0 Å². The highest BCUT2D eigenvalue weighted by atomic mass is 16.2. The molecule has 3 nitrogen and oxygen atoms in total. The van der Waals surface area contributed by atoms with E-state index in [4.69, 9.17) is 5.73 Å². The zero-order valence-corrected chi connectivity index (χ0v) is 10.2. The van der Waals surface area contributed by atoms with Crippen LogP contribution in [0, 0.1) is 11.8 Å². The minimum absolute atomic E-state index is 0.284. The second-order valence-corrected chi connectivity index (χ2v) is 5.12. The van der Waals surface area contributed by atoms with E-state index in [0.717, 1.165) is 13.0 Å². The fourth-order valence-electron chi connectivity index (χ4n) is 2.13. The van der Waals surface area contributed by atoms with Gasteiger partial charge in [0.05, 0.1) is 0 Å². The SMILES string of the molecule is CC(CN)CC(=O)N1CC(C)CCC1C. The summed E-state index contributed by atoms with van der Waals surface area (Å²) >= 11 is 0. The average Bonchev–Trinajstić information content (AvgIpc) is 2.21. The van der Waals surface area contributed by atoms with Gasteiger partial charge >= 0.3 is 0 Å². The highest BCUT2D eigenvalue weighted by Gasteiger charge is 2.27. The molecule has 1 heterocycles. The van der Waals surface area contributed by atoms with Gasteiger partial charge in [-0.25, -0.2) is 0 Å². The standard InChI is InChI=1S/C12H24N2O/c1-9-4-5-11(3)14(8-9)12(15)6-10(2)7-13/h9-11H,4-8,13H2,1-3H3. The largest absolute Gasteiger partial charge is 0.340 e. The third-order valence-electron chi connectivity index (χ3n) is 3.36. The number of nitrogens with zero attached hydrogens (tertiary/aromatic N) is 1. The van der Waals surface area contributed by atoms with Crippen molar-refractivity contribution in [3.63, 3.8) is 0 Å². The molecule has 1 aliphatic heterocycles. The lowest BCUT2D eigenvalue weighted by Crippen LogP contribution is -2.45. The van der Waals surface area contributed by atoms with Crippen LogP contribution in [0.1, 0.15) is 40.0 Å². The van der Waals surface area contributed by atoms with Crippen molar-refractivity contribution in [1.29, 1.82) is 0 Å². The van der Waals surface area contributed by atoms with Crippen LogP contribution in [0.5, 0.6) is 0 Å². The van der Waals surface area contributed by atoms with Crippen LogP contribution in [0.25, 0.3) is 0 Å². The van der Waals surface area contributed by atoms with Gasteiger partial charge in [-0.05, 0) is 38.1 Å². The van der Waals surface area contributed by atoms with Crippen LogP contribution < -0.4 is 5.73 Å². The van der Waals surface area contributed by atoms with Gasteiger partial charge < -0.3 is 10.6 Å². The first-order valence-corrected chi connectivity index (χ1v) is 6.04. The lowest BCUT2D eigenvalue weighted by Gasteiger charge is -2.37. The maximum atomic E-state index is 12.0. The molecule has 1 saturated heterocycles. The van der Waals surface area contributed by atoms with Crippen LogP contribution in [0.2, 0.25) is 0 Å². The zero-order chi connectivity index (χ0) is 11.4. The summed E-state index contributed by atoms with van der Waals surface area (Å²) < 4.78 is 0. The highest BCUT2D eigenvalue weighted by molar-refractivity contribution is 5.76. The van der Waals surface area contributed by atoms with Gasteiger partial charge in [0.1, 0.15) is 0 Å². The van der Waals surface area contributed by atoms with Gasteiger partial charge in [0, 0.05) is 19.0 Å². The van der Waals surface area contributed by atoms with E-state index in [1.807, 2.05) is 11.8 Å². The number of piperidine rings is 1. The summed E-state index contributed by atoms with van der Waals surface area (Å²) in [6.45, 7) is 7.94. The Labute approximate surface area is 93.0 Å². The molecule has 0 aromatic rings. The molecule has 0 saturated carbocycles. The van der Waals surface area contributed by atoms with Crippen molar-refractivity contribution in [3.05, 3.63) is 0 Å². The number of carbonyl (C=O) groups is 1. The molecule has 0 bridgehead atoms. The summed E-state index contributed by atoms with van der Waals surface area (Å²) in [6, 6.07) is 0.415. The summed E-state index contributed by atoms with van der Waals surface area (Å²) in [5, 5.41) is 0. The molecule has 0 aromatic carbocycles. The van der Waals surface area contributed by atoms with Crippen LogP contribution in [0.4, 0.5) is 0 Å². The number of nitrogens with two attached hydrogens (primary N) is 1. The summed E-state index contributed by atoms with van der Waals surface area (Å²) in [7, 11) is 0. The number of hydrogen-bond donors (Lipinski definition) is 1. The van der Waals surface area contributed by atoms with E-state index in [1.165, 1.54) is 6.42 Å². The maximum absolute atomic E-state index is 12.0. The fourth-order valence-corrected chi connectivity index (χ4v) is 2.13. The Bertz CT molecular complexity index is 218. The first-order chi connectivity index (χ1) is 7.04. The molecule has 0 aliphatic carbocycles. The normalized spacial score (nSPS) is 28.9. The van der Waals surface area contributed by atoms with E-state index < -0.39 is 0 Å². The van der Waals surface area contributed by atoms with Crippen molar-refractivity contribution in [2.75, 3.05) is 13.1 Å². The molecule has 1 fully saturated rings. The van der Waals surface area contributed by atoms with Crippen LogP contribution in [-0.4, -0.2) is 29.9 Å². The van der Waals surface area contributed by atoms with Crippen LogP contribution in [-0.2, 0) is 4.79 Å². The second kappa shape index (κ2) is 5.50. The Morgan fingerprint density at radius 1 is 1.47 bits per heavy atom. The third-order valence-corrected chi connectivity index (χ3v) is 3.36. The highest BCUT2D eigenvalue weighted by Crippen LogP contribution is 2.22. The van der Waals surface area contributed by atoms with Crippen LogP contribution in [0.15, 0.2) is 0 Å². The van der Waals surface area contributed by atoms with Crippen molar-refractivity contribution in [3.8, 4) is 0 Å². The number of carbonyl (C=O) groups excluding carboxylic acids is 1. The van der Waals surface area contributed by atoms with Crippen molar-refractivity contribution < 1.29 is 4.79 Å². The number of amides is 1. The van der Waals surface area contributed by atoms with E-state index in [0.29, 0.717) is 30.8 Å². The molecule has 0 aromatic heterocycles. The molecule has 1 aliphatic rings. The maximum Gasteiger partial charge on any atom is 0.223 e. The summed E-state index contributed by atoms with van der Waals surface area (Å²) in [6.07, 6.45) is 2.99. The van der Waals surface area contributed by atoms with E-state index >= 15 is 0 Å². The minimum atomic E-state index is 0.284. The second-order valence-electron chi connectivity index (χ2n) is 5.12. The average molecular weight is 212 g/mol. The predicted octanol–water partition coefficient (Wildman–Crippen LogP) is 1.62. The molecule has 3 heteroatoms. The fraction of sp³-hybridized carbons (Fsp3) is 0.917. The molecular weight excluding hydrogens is 188 g/mol. The molecule has 0 spiro atoms. The number of hydrogen-bond acceptors (Lipinski definition) is 2. The lowest BCUT2D eigenvalue weighted by molar-refractivity contribution is -0.136.